The third-order valence-electron chi connectivity index (χ3n) is 20.1. The molecule has 3 aliphatic heterocycles. The van der Waals surface area contributed by atoms with E-state index in [1.54, 1.807) is 6.08 Å². The lowest BCUT2D eigenvalue weighted by Crippen LogP contribution is -2.70. The van der Waals surface area contributed by atoms with Crippen molar-refractivity contribution < 1.29 is 104 Å². The quantitative estimate of drug-likeness (QED) is 0.0199. The van der Waals surface area contributed by atoms with Gasteiger partial charge in [0.1, 0.15) is 67.1 Å². The second-order valence-corrected chi connectivity index (χ2v) is 28.9. The van der Waals surface area contributed by atoms with Crippen LogP contribution in [0, 0.1) is 0 Å². The van der Waals surface area contributed by atoms with Gasteiger partial charge in [0, 0.05) is 19.8 Å². The first kappa shape index (κ1) is 91.4. The van der Waals surface area contributed by atoms with Gasteiger partial charge in [0.15, 0.2) is 12.6 Å². The number of carboxylic acids is 1. The van der Waals surface area contributed by atoms with Gasteiger partial charge >= 0.3 is 5.97 Å². The number of hydrogen-bond acceptors (Lipinski definition) is 20. The van der Waals surface area contributed by atoms with Crippen molar-refractivity contribution in [2.75, 3.05) is 26.4 Å². The minimum atomic E-state index is -3.08. The molecule has 0 aliphatic carbocycles. The fourth-order valence-corrected chi connectivity index (χ4v) is 13.8. The largest absolute Gasteiger partial charge is 0.477 e. The van der Waals surface area contributed by atoms with Crippen molar-refractivity contribution >= 4 is 17.8 Å². The average Bonchev–Trinajstić information content (AvgIpc) is 0.755. The molecule has 0 bridgehead atoms. The van der Waals surface area contributed by atoms with E-state index in [9.17, 15) is 75.7 Å². The molecule has 18 unspecified atom stereocenters. The summed E-state index contributed by atoms with van der Waals surface area (Å²) in [5, 5.41) is 136. The van der Waals surface area contributed by atoms with Crippen LogP contribution in [0.4, 0.5) is 0 Å². The highest BCUT2D eigenvalue weighted by Gasteiger charge is 2.60. The molecule has 3 heterocycles. The van der Waals surface area contributed by atoms with Crippen LogP contribution in [0.25, 0.3) is 0 Å². The van der Waals surface area contributed by atoms with E-state index < -0.39 is 155 Å². The Morgan fingerprint density at radius 2 is 0.940 bits per heavy atom. The molecule has 3 fully saturated rings. The monoisotopic (exact) mass is 1430 g/mol. The molecule has 3 saturated heterocycles. The van der Waals surface area contributed by atoms with Crippen LogP contribution >= 0.6 is 0 Å². The van der Waals surface area contributed by atoms with Crippen LogP contribution in [0.1, 0.15) is 310 Å². The molecule has 0 aromatic rings. The average molecular weight is 1430 g/mol. The maximum atomic E-state index is 13.5. The van der Waals surface area contributed by atoms with Gasteiger partial charge in [0.05, 0.1) is 50.7 Å². The van der Waals surface area contributed by atoms with Gasteiger partial charge in [-0.1, -0.05) is 269 Å². The number of unbranched alkanes of at least 4 members (excludes halogenated alkanes) is 40. The van der Waals surface area contributed by atoms with E-state index in [1.165, 1.54) is 218 Å². The molecular weight excluding hydrogens is 1290 g/mol. The van der Waals surface area contributed by atoms with E-state index in [-0.39, 0.29) is 12.3 Å². The zero-order valence-corrected chi connectivity index (χ0v) is 61.8. The highest BCUT2D eigenvalue weighted by molar-refractivity contribution is 5.77. The van der Waals surface area contributed by atoms with Gasteiger partial charge in [-0.3, -0.25) is 9.59 Å². The van der Waals surface area contributed by atoms with Crippen LogP contribution in [0.5, 0.6) is 0 Å². The van der Waals surface area contributed by atoms with Crippen LogP contribution < -0.4 is 10.6 Å². The molecule has 0 aromatic carbocycles. The number of aliphatic hydroxyl groups excluding tert-OH is 11. The van der Waals surface area contributed by atoms with Crippen molar-refractivity contribution in [3.05, 3.63) is 24.3 Å². The first-order valence-corrected chi connectivity index (χ1v) is 39.7. The molecule has 23 nitrogen and oxygen atoms in total. The van der Waals surface area contributed by atoms with Gasteiger partial charge in [-0.25, -0.2) is 4.79 Å². The van der Waals surface area contributed by atoms with Gasteiger partial charge in [-0.2, -0.15) is 0 Å². The van der Waals surface area contributed by atoms with Gasteiger partial charge in [-0.15, -0.1) is 0 Å². The molecule has 18 atom stereocenters. The summed E-state index contributed by atoms with van der Waals surface area (Å²) >= 11 is 0. The summed E-state index contributed by atoms with van der Waals surface area (Å²) in [6.45, 7) is 2.16. The van der Waals surface area contributed by atoms with Crippen LogP contribution in [0.15, 0.2) is 24.3 Å². The summed E-state index contributed by atoms with van der Waals surface area (Å²) in [6, 6.07) is -2.62. The highest BCUT2D eigenvalue weighted by Crippen LogP contribution is 2.39. The van der Waals surface area contributed by atoms with E-state index in [4.69, 9.17) is 28.4 Å². The molecule has 3 aliphatic rings. The first-order valence-electron chi connectivity index (χ1n) is 39.7. The zero-order valence-electron chi connectivity index (χ0n) is 61.8. The van der Waals surface area contributed by atoms with E-state index in [0.29, 0.717) is 12.8 Å². The summed E-state index contributed by atoms with van der Waals surface area (Å²) in [4.78, 5) is 38.6. The number of nitrogens with one attached hydrogen (secondary N) is 2. The van der Waals surface area contributed by atoms with Gasteiger partial charge in [-0.05, 0) is 44.9 Å². The molecule has 0 spiro atoms. The molecule has 2 amide bonds. The molecule has 586 valence electrons. The van der Waals surface area contributed by atoms with Gasteiger partial charge in [0.2, 0.25) is 11.8 Å². The van der Waals surface area contributed by atoms with Crippen molar-refractivity contribution in [1.82, 2.24) is 10.6 Å². The van der Waals surface area contributed by atoms with Crippen LogP contribution in [-0.4, -0.2) is 215 Å². The first-order chi connectivity index (χ1) is 48.4. The lowest BCUT2D eigenvalue weighted by Gasteiger charge is -2.50. The highest BCUT2D eigenvalue weighted by atomic mass is 16.8. The maximum absolute atomic E-state index is 13.5. The Kier molecular flexibility index (Phi) is 51.7. The molecule has 100 heavy (non-hydrogen) atoms. The number of ether oxygens (including phenoxy) is 6. The van der Waals surface area contributed by atoms with Crippen molar-refractivity contribution in [3.8, 4) is 0 Å². The number of aliphatic carboxylic acids is 1. The number of carbonyl (C=O) groups is 3. The van der Waals surface area contributed by atoms with Crippen molar-refractivity contribution in [1.29, 1.82) is 0 Å². The summed E-state index contributed by atoms with van der Waals surface area (Å²) < 4.78 is 34.9. The number of amides is 2. The molecule has 23 heteroatoms. The Bertz CT molecular complexity index is 2100. The molecule has 0 saturated carbocycles. The summed E-state index contributed by atoms with van der Waals surface area (Å²) in [6.07, 6.45) is 32.4. The van der Waals surface area contributed by atoms with E-state index in [0.717, 1.165) is 51.9 Å². The molecule has 3 rings (SSSR count). The normalized spacial score (nSPS) is 27.0. The van der Waals surface area contributed by atoms with E-state index in [1.807, 2.05) is 6.08 Å². The van der Waals surface area contributed by atoms with E-state index in [2.05, 4.69) is 36.6 Å². The van der Waals surface area contributed by atoms with E-state index >= 15 is 0 Å². The zero-order chi connectivity index (χ0) is 73.2. The fourth-order valence-electron chi connectivity index (χ4n) is 13.8. The number of hydrogen-bond donors (Lipinski definition) is 14. The lowest BCUT2D eigenvalue weighted by molar-refractivity contribution is -0.386. The minimum Gasteiger partial charge on any atom is -0.477 e. The number of aliphatic hydroxyl groups is 11. The van der Waals surface area contributed by atoms with Crippen molar-refractivity contribution in [2.45, 2.75) is 420 Å². The number of carboxylic acid groups (broad SMARTS) is 1. The SMILES string of the molecule is CCCCCCCCCCCCCC/C=C\CCCCCCCCCCCCCCCCCCC(=O)NC(COC1OC(CO)C(OC2OC(CO)C(O)C(OC3(C(=O)O)CC(O)C(NC(C)=O)C(C(O)C(O)CO)O3)C2O)C(O)C1O)C(O)/C=C/CCCCCCCCCCCCCC. The molecular formula is C77H142N2O21. The second kappa shape index (κ2) is 56.5. The number of allylic oxidation sites excluding steroid dienone is 3. The molecule has 0 aromatic heterocycles. The van der Waals surface area contributed by atoms with Crippen LogP contribution in [0.2, 0.25) is 0 Å². The Morgan fingerprint density at radius 1 is 0.520 bits per heavy atom. The number of rotatable bonds is 62. The van der Waals surface area contributed by atoms with Crippen molar-refractivity contribution in [2.24, 2.45) is 0 Å². The standard InChI is InChI=1S/C77H142N2O21/c1-4-6-8-10-12-14-16-18-20-21-22-23-24-25-26-27-28-29-30-31-32-33-34-35-36-37-39-41-43-45-47-49-51-64(87)79-58(59(84)50-48-46-44-42-40-38-19-17-15-13-11-9-7-5-2)56-95-74-69(91)68(90)71(63(55-82)97-74)98-75-70(92)73(67(89)62(54-81)96-75)100-77(76(93)94)52-60(85)65(78-57(3)83)72(99-77)66(88)61(86)53-80/h25-26,48,50,58-63,65-75,80-82,84-86,88-92H,4-24,27-47,49,51-56H2,1-3H3,(H,78,83)(H,79,87)(H,93,94)/b26-25-,50-48+. The van der Waals surface area contributed by atoms with Gasteiger partial charge in [0.25, 0.3) is 5.79 Å². The third kappa shape index (κ3) is 37.0. The van der Waals surface area contributed by atoms with Crippen molar-refractivity contribution in [3.63, 3.8) is 0 Å². The Balaban J connectivity index is 1.47. The van der Waals surface area contributed by atoms with Crippen LogP contribution in [-0.2, 0) is 42.8 Å². The Hall–Kier alpha value is -2.79. The number of carbonyl (C=O) groups excluding carboxylic acids is 2. The topological polar surface area (TPSA) is 373 Å². The van der Waals surface area contributed by atoms with Crippen LogP contribution in [0.3, 0.4) is 0 Å². The second-order valence-electron chi connectivity index (χ2n) is 28.9. The fraction of sp³-hybridized carbons (Fsp3) is 0.909. The minimum absolute atomic E-state index is 0.203. The Morgan fingerprint density at radius 3 is 1.36 bits per heavy atom. The Labute approximate surface area is 600 Å². The summed E-state index contributed by atoms with van der Waals surface area (Å²) in [5.41, 5.74) is 0. The summed E-state index contributed by atoms with van der Waals surface area (Å²) in [7, 11) is 0. The predicted octanol–water partition coefficient (Wildman–Crippen LogP) is 9.96. The smallest absolute Gasteiger partial charge is 0.364 e. The maximum Gasteiger partial charge on any atom is 0.364 e. The molecule has 14 N–H and O–H groups in total. The van der Waals surface area contributed by atoms with Gasteiger partial charge < -0.3 is 100 Å². The summed E-state index contributed by atoms with van der Waals surface area (Å²) in [5.74, 6) is -6.14. The molecule has 0 radical (unpaired) electrons. The lowest BCUT2D eigenvalue weighted by atomic mass is 9.88. The predicted molar refractivity (Wildman–Crippen MR) is 385 cm³/mol. The third-order valence-corrected chi connectivity index (χ3v) is 20.1.